The van der Waals surface area contributed by atoms with Gasteiger partial charge in [0.05, 0.1) is 0 Å². The summed E-state index contributed by atoms with van der Waals surface area (Å²) in [5.41, 5.74) is 3.62. The molecule has 0 aromatic carbocycles. The molecule has 0 radical (unpaired) electrons. The van der Waals surface area contributed by atoms with Crippen molar-refractivity contribution in [2.45, 2.75) is 46.0 Å². The molecule has 0 saturated heterocycles. The van der Waals surface area contributed by atoms with E-state index < -0.39 is 0 Å². The molecule has 0 aliphatic heterocycles. The Kier molecular flexibility index (Phi) is 5.24. The minimum atomic E-state index is 0.328. The molecule has 0 aromatic heterocycles. The van der Waals surface area contributed by atoms with E-state index in [0.29, 0.717) is 5.92 Å². The van der Waals surface area contributed by atoms with E-state index in [2.05, 4.69) is 32.6 Å². The van der Waals surface area contributed by atoms with Crippen molar-refractivity contribution in [3.63, 3.8) is 0 Å². The van der Waals surface area contributed by atoms with Crippen molar-refractivity contribution in [1.82, 2.24) is 0 Å². The van der Waals surface area contributed by atoms with Crippen LogP contribution in [-0.4, -0.2) is 6.29 Å². The second-order valence-electron chi connectivity index (χ2n) is 4.80. The number of hydrogen-bond donors (Lipinski definition) is 0. The lowest BCUT2D eigenvalue weighted by atomic mass is 9.89. The molecule has 1 atom stereocenters. The highest BCUT2D eigenvalue weighted by atomic mass is 16.1. The number of allylic oxidation sites excluding steroid dienone is 5. The summed E-state index contributed by atoms with van der Waals surface area (Å²) >= 11 is 0. The fourth-order valence-electron chi connectivity index (χ4n) is 2.05. The highest BCUT2D eigenvalue weighted by Crippen LogP contribution is 2.24. The van der Waals surface area contributed by atoms with Gasteiger partial charge < -0.3 is 0 Å². The van der Waals surface area contributed by atoms with E-state index in [-0.39, 0.29) is 0 Å². The van der Waals surface area contributed by atoms with Crippen LogP contribution in [0.4, 0.5) is 0 Å². The van der Waals surface area contributed by atoms with Crippen LogP contribution in [0.25, 0.3) is 0 Å². The molecule has 0 N–H and O–H groups in total. The predicted molar refractivity (Wildman–Crippen MR) is 69.3 cm³/mol. The third-order valence-corrected chi connectivity index (χ3v) is 3.35. The zero-order valence-electron chi connectivity index (χ0n) is 10.5. The standard InChI is InChI=1S/C15H22O/c1-12-5-4-6-13(2)8-10-15(9-7-12)14(3)11-16/h5,8,11,15H,3-4,6-7,9-10H2,1-2H3/t15-/m1/s1. The first-order valence-electron chi connectivity index (χ1n) is 6.08. The van der Waals surface area contributed by atoms with Crippen molar-refractivity contribution in [1.29, 1.82) is 0 Å². The molecule has 88 valence electrons. The van der Waals surface area contributed by atoms with Crippen LogP contribution in [0.3, 0.4) is 0 Å². The number of hydrogen-bond acceptors (Lipinski definition) is 1. The quantitative estimate of drug-likeness (QED) is 0.385. The molecule has 1 heteroatoms. The Labute approximate surface area is 98.9 Å². The van der Waals surface area contributed by atoms with Gasteiger partial charge in [0.15, 0.2) is 0 Å². The lowest BCUT2D eigenvalue weighted by Crippen LogP contribution is -2.05. The lowest BCUT2D eigenvalue weighted by molar-refractivity contribution is -0.105. The van der Waals surface area contributed by atoms with E-state index in [0.717, 1.165) is 44.0 Å². The normalized spacial score (nSPS) is 23.0. The van der Waals surface area contributed by atoms with E-state index in [4.69, 9.17) is 0 Å². The molecule has 16 heavy (non-hydrogen) atoms. The lowest BCUT2D eigenvalue weighted by Gasteiger charge is -2.16. The molecule has 0 saturated carbocycles. The summed E-state index contributed by atoms with van der Waals surface area (Å²) < 4.78 is 0. The number of aldehydes is 1. The summed E-state index contributed by atoms with van der Waals surface area (Å²) in [4.78, 5) is 10.8. The Morgan fingerprint density at radius 2 is 2.00 bits per heavy atom. The molecule has 0 amide bonds. The summed E-state index contributed by atoms with van der Waals surface area (Å²) in [5.74, 6) is 0.328. The second kappa shape index (κ2) is 6.47. The predicted octanol–water partition coefficient (Wildman–Crippen LogP) is 4.21. The topological polar surface area (TPSA) is 17.1 Å². The van der Waals surface area contributed by atoms with Crippen LogP contribution in [0.1, 0.15) is 46.0 Å². The van der Waals surface area contributed by atoms with Gasteiger partial charge in [-0.1, -0.05) is 29.9 Å². The molecule has 0 bridgehead atoms. The first-order chi connectivity index (χ1) is 7.63. The van der Waals surface area contributed by atoms with E-state index in [1.165, 1.54) is 11.1 Å². The number of rotatable bonds is 2. The van der Waals surface area contributed by atoms with Crippen molar-refractivity contribution in [2.75, 3.05) is 0 Å². The molecule has 0 fully saturated rings. The number of carbonyl (C=O) groups excluding carboxylic acids is 1. The van der Waals surface area contributed by atoms with Crippen LogP contribution < -0.4 is 0 Å². The van der Waals surface area contributed by atoms with Crippen molar-refractivity contribution in [3.8, 4) is 0 Å². The van der Waals surface area contributed by atoms with Gasteiger partial charge in [-0.2, -0.15) is 0 Å². The van der Waals surface area contributed by atoms with Crippen LogP contribution in [-0.2, 0) is 4.79 Å². The molecular weight excluding hydrogens is 196 g/mol. The SMILES string of the molecule is C=C(C=O)[C@H]1CC=C(C)CCC=C(C)CC1. The molecule has 0 spiro atoms. The van der Waals surface area contributed by atoms with E-state index in [9.17, 15) is 4.79 Å². The van der Waals surface area contributed by atoms with Crippen molar-refractivity contribution in [2.24, 2.45) is 5.92 Å². The highest BCUT2D eigenvalue weighted by molar-refractivity contribution is 5.72. The first-order valence-corrected chi connectivity index (χ1v) is 6.08. The average Bonchev–Trinajstić information content (AvgIpc) is 2.28. The van der Waals surface area contributed by atoms with E-state index in [1.54, 1.807) is 0 Å². The Morgan fingerprint density at radius 3 is 2.69 bits per heavy atom. The summed E-state index contributed by atoms with van der Waals surface area (Å²) in [6.45, 7) is 8.21. The van der Waals surface area contributed by atoms with Gasteiger partial charge in [0.25, 0.3) is 0 Å². The van der Waals surface area contributed by atoms with Gasteiger partial charge in [-0.05, 0) is 57.4 Å². The molecule has 0 unspecified atom stereocenters. The van der Waals surface area contributed by atoms with Gasteiger partial charge in [-0.15, -0.1) is 0 Å². The summed E-state index contributed by atoms with van der Waals surface area (Å²) in [7, 11) is 0. The Morgan fingerprint density at radius 1 is 1.31 bits per heavy atom. The number of carbonyl (C=O) groups is 1. The molecule has 0 heterocycles. The van der Waals surface area contributed by atoms with Gasteiger partial charge in [0.2, 0.25) is 0 Å². The third-order valence-electron chi connectivity index (χ3n) is 3.35. The van der Waals surface area contributed by atoms with E-state index in [1.807, 2.05) is 0 Å². The van der Waals surface area contributed by atoms with E-state index >= 15 is 0 Å². The minimum absolute atomic E-state index is 0.328. The third kappa shape index (κ3) is 4.18. The Hall–Kier alpha value is -1.11. The van der Waals surface area contributed by atoms with Crippen LogP contribution in [0.15, 0.2) is 35.5 Å². The van der Waals surface area contributed by atoms with Crippen LogP contribution in [0.5, 0.6) is 0 Å². The van der Waals surface area contributed by atoms with Crippen LogP contribution in [0.2, 0.25) is 0 Å². The molecular formula is C15H22O. The molecule has 0 aromatic rings. The molecule has 1 nitrogen and oxygen atoms in total. The Bertz CT molecular complexity index is 320. The van der Waals surface area contributed by atoms with Crippen molar-refractivity contribution >= 4 is 6.29 Å². The highest BCUT2D eigenvalue weighted by Gasteiger charge is 2.12. The van der Waals surface area contributed by atoms with Gasteiger partial charge in [-0.25, -0.2) is 0 Å². The maximum Gasteiger partial charge on any atom is 0.145 e. The molecule has 1 aliphatic carbocycles. The van der Waals surface area contributed by atoms with Gasteiger partial charge >= 0.3 is 0 Å². The fourth-order valence-corrected chi connectivity index (χ4v) is 2.05. The van der Waals surface area contributed by atoms with Crippen molar-refractivity contribution in [3.05, 3.63) is 35.5 Å². The maximum absolute atomic E-state index is 10.8. The van der Waals surface area contributed by atoms with Crippen molar-refractivity contribution < 1.29 is 4.79 Å². The fraction of sp³-hybridized carbons (Fsp3) is 0.533. The van der Waals surface area contributed by atoms with Crippen LogP contribution in [0, 0.1) is 5.92 Å². The monoisotopic (exact) mass is 218 g/mol. The minimum Gasteiger partial charge on any atom is -0.298 e. The maximum atomic E-state index is 10.8. The zero-order chi connectivity index (χ0) is 12.0. The summed E-state index contributed by atoms with van der Waals surface area (Å²) in [6.07, 6.45) is 10.9. The summed E-state index contributed by atoms with van der Waals surface area (Å²) in [5, 5.41) is 0. The molecule has 1 rings (SSSR count). The average molecular weight is 218 g/mol. The van der Waals surface area contributed by atoms with Gasteiger partial charge in [0, 0.05) is 0 Å². The van der Waals surface area contributed by atoms with Gasteiger partial charge in [-0.3, -0.25) is 4.79 Å². The Balaban J connectivity index is 2.74. The largest absolute Gasteiger partial charge is 0.298 e. The zero-order valence-corrected chi connectivity index (χ0v) is 10.5. The molecule has 1 aliphatic rings. The first kappa shape index (κ1) is 13.0. The van der Waals surface area contributed by atoms with Crippen LogP contribution >= 0.6 is 0 Å². The summed E-state index contributed by atoms with van der Waals surface area (Å²) in [6, 6.07) is 0. The van der Waals surface area contributed by atoms with Gasteiger partial charge in [0.1, 0.15) is 6.29 Å². The smallest absolute Gasteiger partial charge is 0.145 e. The second-order valence-corrected chi connectivity index (χ2v) is 4.80.